The van der Waals surface area contributed by atoms with Crippen LogP contribution in [0.25, 0.3) is 0 Å². The van der Waals surface area contributed by atoms with Crippen LogP contribution < -0.4 is 5.32 Å². The number of nitrogens with one attached hydrogen (secondary N) is 1. The monoisotopic (exact) mass is 289 g/mol. The molecule has 20 heavy (non-hydrogen) atoms. The SMILES string of the molecule is CC(N[C@@H](CO)Cc1ccccc1)c1ccc(Cl)cc1. The highest BCUT2D eigenvalue weighted by Crippen LogP contribution is 2.17. The second kappa shape index (κ2) is 7.44. The fourth-order valence-electron chi connectivity index (χ4n) is 2.28. The van der Waals surface area contributed by atoms with E-state index in [2.05, 4.69) is 24.4 Å². The van der Waals surface area contributed by atoms with Gasteiger partial charge in [0.2, 0.25) is 0 Å². The molecule has 2 atom stereocenters. The topological polar surface area (TPSA) is 32.3 Å². The van der Waals surface area contributed by atoms with Crippen LogP contribution in [0, 0.1) is 0 Å². The molecular formula is C17H20ClNO. The number of aliphatic hydroxyl groups is 1. The maximum absolute atomic E-state index is 9.54. The van der Waals surface area contributed by atoms with Gasteiger partial charge in [-0.05, 0) is 36.6 Å². The maximum Gasteiger partial charge on any atom is 0.0588 e. The lowest BCUT2D eigenvalue weighted by molar-refractivity contribution is 0.232. The standard InChI is InChI=1S/C17H20ClNO/c1-13(15-7-9-16(18)10-8-15)19-17(12-20)11-14-5-3-2-4-6-14/h2-10,13,17,19-20H,11-12H2,1H3/t13?,17-/m1/s1. The molecule has 0 amide bonds. The molecule has 0 radical (unpaired) electrons. The highest BCUT2D eigenvalue weighted by Gasteiger charge is 2.13. The van der Waals surface area contributed by atoms with E-state index in [4.69, 9.17) is 11.6 Å². The summed E-state index contributed by atoms with van der Waals surface area (Å²) in [5.41, 5.74) is 2.39. The zero-order valence-corrected chi connectivity index (χ0v) is 12.3. The van der Waals surface area contributed by atoms with E-state index in [0.717, 1.165) is 11.4 Å². The average molecular weight is 290 g/mol. The van der Waals surface area contributed by atoms with Crippen molar-refractivity contribution in [1.82, 2.24) is 5.32 Å². The summed E-state index contributed by atoms with van der Waals surface area (Å²) in [6.45, 7) is 2.21. The zero-order chi connectivity index (χ0) is 14.4. The Kier molecular flexibility index (Phi) is 5.60. The lowest BCUT2D eigenvalue weighted by Gasteiger charge is -2.22. The van der Waals surface area contributed by atoms with E-state index >= 15 is 0 Å². The Morgan fingerprint density at radius 1 is 1.05 bits per heavy atom. The van der Waals surface area contributed by atoms with Gasteiger partial charge in [0.15, 0.2) is 0 Å². The van der Waals surface area contributed by atoms with Gasteiger partial charge in [0, 0.05) is 17.1 Å². The van der Waals surface area contributed by atoms with Crippen molar-refractivity contribution in [1.29, 1.82) is 0 Å². The normalized spacial score (nSPS) is 13.9. The summed E-state index contributed by atoms with van der Waals surface area (Å²) < 4.78 is 0. The Morgan fingerprint density at radius 2 is 1.70 bits per heavy atom. The van der Waals surface area contributed by atoms with E-state index in [1.165, 1.54) is 11.1 Å². The van der Waals surface area contributed by atoms with Crippen LogP contribution in [0.5, 0.6) is 0 Å². The molecule has 0 fully saturated rings. The van der Waals surface area contributed by atoms with E-state index in [-0.39, 0.29) is 18.7 Å². The lowest BCUT2D eigenvalue weighted by atomic mass is 10.0. The third-order valence-electron chi connectivity index (χ3n) is 3.40. The van der Waals surface area contributed by atoms with E-state index in [1.54, 1.807) is 0 Å². The molecule has 0 bridgehead atoms. The van der Waals surface area contributed by atoms with E-state index < -0.39 is 0 Å². The van der Waals surface area contributed by atoms with Gasteiger partial charge in [-0.1, -0.05) is 54.1 Å². The second-order valence-electron chi connectivity index (χ2n) is 5.01. The van der Waals surface area contributed by atoms with Crippen molar-refractivity contribution in [3.05, 3.63) is 70.7 Å². The van der Waals surface area contributed by atoms with Gasteiger partial charge < -0.3 is 10.4 Å². The second-order valence-corrected chi connectivity index (χ2v) is 5.45. The van der Waals surface area contributed by atoms with Gasteiger partial charge >= 0.3 is 0 Å². The van der Waals surface area contributed by atoms with Crippen LogP contribution in [0.15, 0.2) is 54.6 Å². The number of hydrogen-bond donors (Lipinski definition) is 2. The van der Waals surface area contributed by atoms with Crippen molar-refractivity contribution in [2.75, 3.05) is 6.61 Å². The van der Waals surface area contributed by atoms with Crippen molar-refractivity contribution in [2.45, 2.75) is 25.4 Å². The summed E-state index contributed by atoms with van der Waals surface area (Å²) in [5.74, 6) is 0. The van der Waals surface area contributed by atoms with Gasteiger partial charge in [-0.15, -0.1) is 0 Å². The van der Waals surface area contributed by atoms with Crippen LogP contribution in [0.2, 0.25) is 5.02 Å². The van der Waals surface area contributed by atoms with Crippen molar-refractivity contribution in [3.63, 3.8) is 0 Å². The molecule has 106 valence electrons. The number of aliphatic hydroxyl groups excluding tert-OH is 1. The molecule has 2 N–H and O–H groups in total. The highest BCUT2D eigenvalue weighted by molar-refractivity contribution is 6.30. The van der Waals surface area contributed by atoms with Gasteiger partial charge in [-0.2, -0.15) is 0 Å². The van der Waals surface area contributed by atoms with Crippen LogP contribution in [0.4, 0.5) is 0 Å². The third kappa shape index (κ3) is 4.34. The Hall–Kier alpha value is -1.35. The molecule has 0 aliphatic heterocycles. The molecule has 0 saturated carbocycles. The number of hydrogen-bond acceptors (Lipinski definition) is 2. The van der Waals surface area contributed by atoms with Crippen molar-refractivity contribution in [3.8, 4) is 0 Å². The van der Waals surface area contributed by atoms with Crippen LogP contribution in [0.3, 0.4) is 0 Å². The van der Waals surface area contributed by atoms with E-state index in [0.29, 0.717) is 0 Å². The van der Waals surface area contributed by atoms with Gasteiger partial charge in [-0.3, -0.25) is 0 Å². The summed E-state index contributed by atoms with van der Waals surface area (Å²) in [7, 11) is 0. The summed E-state index contributed by atoms with van der Waals surface area (Å²) in [5, 5.41) is 13.7. The first kappa shape index (κ1) is 15.0. The fourth-order valence-corrected chi connectivity index (χ4v) is 2.40. The van der Waals surface area contributed by atoms with Gasteiger partial charge in [-0.25, -0.2) is 0 Å². The minimum absolute atomic E-state index is 0.0445. The molecule has 1 unspecified atom stereocenters. The van der Waals surface area contributed by atoms with Crippen LogP contribution in [0.1, 0.15) is 24.1 Å². The maximum atomic E-state index is 9.54. The Morgan fingerprint density at radius 3 is 2.30 bits per heavy atom. The Bertz CT molecular complexity index is 512. The van der Waals surface area contributed by atoms with Crippen LogP contribution in [-0.2, 0) is 6.42 Å². The minimum Gasteiger partial charge on any atom is -0.395 e. The number of halogens is 1. The molecule has 0 aromatic heterocycles. The molecule has 0 aliphatic carbocycles. The largest absolute Gasteiger partial charge is 0.395 e. The highest BCUT2D eigenvalue weighted by atomic mass is 35.5. The molecule has 0 spiro atoms. The van der Waals surface area contributed by atoms with E-state index in [9.17, 15) is 5.11 Å². The van der Waals surface area contributed by atoms with E-state index in [1.807, 2.05) is 42.5 Å². The fraction of sp³-hybridized carbons (Fsp3) is 0.294. The molecule has 2 rings (SSSR count). The summed E-state index contributed by atoms with van der Waals surface area (Å²) in [6, 6.07) is 18.2. The molecule has 2 aromatic carbocycles. The molecule has 3 heteroatoms. The first-order chi connectivity index (χ1) is 9.69. The predicted octanol–water partition coefficient (Wildman–Crippen LogP) is 3.59. The van der Waals surface area contributed by atoms with Gasteiger partial charge in [0.05, 0.1) is 6.61 Å². The molecule has 0 saturated heterocycles. The Labute approximate surface area is 125 Å². The molecular weight excluding hydrogens is 270 g/mol. The van der Waals surface area contributed by atoms with Gasteiger partial charge in [0.25, 0.3) is 0 Å². The van der Waals surface area contributed by atoms with Gasteiger partial charge in [0.1, 0.15) is 0 Å². The lowest BCUT2D eigenvalue weighted by Crippen LogP contribution is -2.36. The third-order valence-corrected chi connectivity index (χ3v) is 3.65. The first-order valence-corrected chi connectivity index (χ1v) is 7.23. The smallest absolute Gasteiger partial charge is 0.0588 e. The summed E-state index contributed by atoms with van der Waals surface area (Å²) in [4.78, 5) is 0. The Balaban J connectivity index is 1.97. The zero-order valence-electron chi connectivity index (χ0n) is 11.6. The molecule has 2 aromatic rings. The molecule has 0 heterocycles. The van der Waals surface area contributed by atoms with Crippen LogP contribution in [-0.4, -0.2) is 17.8 Å². The average Bonchev–Trinajstić information content (AvgIpc) is 2.48. The van der Waals surface area contributed by atoms with Crippen molar-refractivity contribution < 1.29 is 5.11 Å². The van der Waals surface area contributed by atoms with Crippen molar-refractivity contribution >= 4 is 11.6 Å². The number of rotatable bonds is 6. The van der Waals surface area contributed by atoms with Crippen molar-refractivity contribution in [2.24, 2.45) is 0 Å². The molecule has 2 nitrogen and oxygen atoms in total. The quantitative estimate of drug-likeness (QED) is 0.852. The summed E-state index contributed by atoms with van der Waals surface area (Å²) in [6.07, 6.45) is 0.815. The minimum atomic E-state index is 0.0445. The van der Waals surface area contributed by atoms with Crippen LogP contribution >= 0.6 is 11.6 Å². The predicted molar refractivity (Wildman–Crippen MR) is 84.0 cm³/mol. The summed E-state index contributed by atoms with van der Waals surface area (Å²) >= 11 is 5.90. The number of benzene rings is 2. The molecule has 0 aliphatic rings. The first-order valence-electron chi connectivity index (χ1n) is 6.85.